The lowest BCUT2D eigenvalue weighted by atomic mass is 10.1. The van der Waals surface area contributed by atoms with Crippen LogP contribution in [0.1, 0.15) is 0 Å². The summed E-state index contributed by atoms with van der Waals surface area (Å²) >= 11 is 1.10. The van der Waals surface area contributed by atoms with Gasteiger partial charge in [-0.15, -0.1) is 0 Å². The Morgan fingerprint density at radius 2 is 1.61 bits per heavy atom. The molecule has 0 saturated carbocycles. The molecule has 28 heavy (non-hydrogen) atoms. The summed E-state index contributed by atoms with van der Waals surface area (Å²) in [5, 5.41) is 8.21. The second-order valence-electron chi connectivity index (χ2n) is 5.22. The van der Waals surface area contributed by atoms with Gasteiger partial charge in [0.25, 0.3) is 0 Å². The molecule has 1 atom stereocenters. The maximum atomic E-state index is 8.78. The Bertz CT molecular complexity index is 937. The number of halogens is 1. The lowest BCUT2D eigenvalue weighted by molar-refractivity contribution is 0.393. The topological polar surface area (TPSA) is 120 Å². The zero-order chi connectivity index (χ0) is 20.7. The van der Waals surface area contributed by atoms with Crippen molar-refractivity contribution in [3.05, 3.63) is 46.9 Å². The first kappa shape index (κ1) is 21.9. The van der Waals surface area contributed by atoms with Gasteiger partial charge < -0.3 is 23.3 Å². The zero-order valence-corrected chi connectivity index (χ0v) is 17.7. The Morgan fingerprint density at radius 3 is 2.14 bits per heavy atom. The van der Waals surface area contributed by atoms with Crippen LogP contribution >= 0.6 is 15.9 Å². The summed E-state index contributed by atoms with van der Waals surface area (Å²) in [6, 6.07) is 13.1. The number of nitrogens with zero attached hydrogens (tertiary/aromatic N) is 1. The molecule has 10 heteroatoms. The summed E-state index contributed by atoms with van der Waals surface area (Å²) in [5.74, 6) is 2.62. The van der Waals surface area contributed by atoms with E-state index in [1.54, 1.807) is 21.3 Å². The van der Waals surface area contributed by atoms with Gasteiger partial charge in [0.15, 0.2) is 5.76 Å². The minimum absolute atomic E-state index is 0.594. The zero-order valence-electron chi connectivity index (χ0n) is 15.3. The number of hydrogen-bond donors (Lipinski definition) is 1. The standard InChI is InChI=1S/C18H16BrNO4.H3NO2S/c1-21-14-8-7-11(19)9-12(14)17-10-13(20-24-17)18-15(22-2)5-4-6-16(18)23-3;1-4(2)3/h4-10H,1-3H3;1H2,(H,2,3)/p-1. The lowest BCUT2D eigenvalue weighted by Gasteiger charge is -2.10. The fourth-order valence-electron chi connectivity index (χ4n) is 2.50. The number of hydrogen-bond acceptors (Lipinski definition) is 7. The van der Waals surface area contributed by atoms with Gasteiger partial charge in [-0.3, -0.25) is 9.35 Å². The second-order valence-corrected chi connectivity index (χ2v) is 6.66. The highest BCUT2D eigenvalue weighted by molar-refractivity contribution is 9.10. The van der Waals surface area contributed by atoms with Crippen LogP contribution in [0, 0.1) is 0 Å². The molecule has 0 bridgehead atoms. The van der Waals surface area contributed by atoms with Gasteiger partial charge in [-0.05, 0) is 30.3 Å². The van der Waals surface area contributed by atoms with Crippen LogP contribution in [0.3, 0.4) is 0 Å². The Labute approximate surface area is 173 Å². The monoisotopic (exact) mass is 469 g/mol. The van der Waals surface area contributed by atoms with Crippen molar-refractivity contribution in [1.82, 2.24) is 5.16 Å². The number of methoxy groups -OCH3 is 3. The molecule has 0 radical (unpaired) electrons. The maximum Gasteiger partial charge on any atom is 0.171 e. The second kappa shape index (κ2) is 10.2. The Kier molecular flexibility index (Phi) is 8.00. The Morgan fingerprint density at radius 1 is 1.04 bits per heavy atom. The van der Waals surface area contributed by atoms with Gasteiger partial charge in [0.2, 0.25) is 0 Å². The van der Waals surface area contributed by atoms with Crippen LogP contribution in [0.2, 0.25) is 0 Å². The fourth-order valence-corrected chi connectivity index (χ4v) is 2.86. The number of aromatic nitrogens is 1. The molecule has 1 aromatic heterocycles. The third-order valence-corrected chi connectivity index (χ3v) is 4.11. The average Bonchev–Trinajstić information content (AvgIpc) is 3.16. The van der Waals surface area contributed by atoms with E-state index in [-0.39, 0.29) is 0 Å². The van der Waals surface area contributed by atoms with E-state index in [0.29, 0.717) is 28.7 Å². The molecule has 3 aromatic rings. The molecule has 0 saturated heterocycles. The van der Waals surface area contributed by atoms with Crippen molar-refractivity contribution in [2.24, 2.45) is 5.14 Å². The van der Waals surface area contributed by atoms with Crippen molar-refractivity contribution in [3.8, 4) is 39.8 Å². The van der Waals surface area contributed by atoms with Crippen molar-refractivity contribution < 1.29 is 27.5 Å². The first-order valence-electron chi connectivity index (χ1n) is 7.76. The molecule has 8 nitrogen and oxygen atoms in total. The van der Waals surface area contributed by atoms with Crippen LogP contribution in [0.25, 0.3) is 22.6 Å². The van der Waals surface area contributed by atoms with Crippen LogP contribution in [0.15, 0.2) is 51.5 Å². The molecular formula is C18H18BrN2O6S-. The molecular weight excluding hydrogens is 452 g/mol. The SMILES string of the molecule is COc1ccc(Br)cc1-c1cc(-c2c(OC)cccc2OC)no1.NS(=O)[O-]. The lowest BCUT2D eigenvalue weighted by Crippen LogP contribution is -1.97. The minimum atomic E-state index is -2.36. The van der Waals surface area contributed by atoms with Crippen LogP contribution < -0.4 is 19.3 Å². The normalized spacial score (nSPS) is 11.2. The third-order valence-electron chi connectivity index (χ3n) is 3.62. The van der Waals surface area contributed by atoms with Gasteiger partial charge in [-0.25, -0.2) is 0 Å². The molecule has 0 aliphatic heterocycles. The van der Waals surface area contributed by atoms with E-state index in [4.69, 9.17) is 27.5 Å². The first-order valence-corrected chi connectivity index (χ1v) is 9.70. The Balaban J connectivity index is 0.000000640. The minimum Gasteiger partial charge on any atom is -0.760 e. The largest absolute Gasteiger partial charge is 0.760 e. The van der Waals surface area contributed by atoms with Crippen molar-refractivity contribution in [2.45, 2.75) is 0 Å². The summed E-state index contributed by atoms with van der Waals surface area (Å²) in [5.41, 5.74) is 2.17. The van der Waals surface area contributed by atoms with Gasteiger partial charge in [0, 0.05) is 21.8 Å². The molecule has 1 heterocycles. The smallest absolute Gasteiger partial charge is 0.171 e. The quantitative estimate of drug-likeness (QED) is 0.567. The maximum absolute atomic E-state index is 8.78. The summed E-state index contributed by atoms with van der Waals surface area (Å²) in [6.45, 7) is 0. The first-order chi connectivity index (χ1) is 13.4. The van der Waals surface area contributed by atoms with Crippen LogP contribution in [0.4, 0.5) is 0 Å². The van der Waals surface area contributed by atoms with Crippen molar-refractivity contribution in [3.63, 3.8) is 0 Å². The molecule has 3 rings (SSSR count). The predicted octanol–water partition coefficient (Wildman–Crippen LogP) is 3.54. The fraction of sp³-hybridized carbons (Fsp3) is 0.167. The van der Waals surface area contributed by atoms with E-state index < -0.39 is 11.3 Å². The van der Waals surface area contributed by atoms with Gasteiger partial charge in [0.1, 0.15) is 22.9 Å². The van der Waals surface area contributed by atoms with Crippen molar-refractivity contribution >= 4 is 27.2 Å². The number of rotatable bonds is 5. The van der Waals surface area contributed by atoms with Gasteiger partial charge in [-0.2, -0.15) is 0 Å². The van der Waals surface area contributed by atoms with Gasteiger partial charge in [0.05, 0.1) is 32.5 Å². The summed E-state index contributed by atoms with van der Waals surface area (Å²) in [6.07, 6.45) is 0. The molecule has 0 spiro atoms. The highest BCUT2D eigenvalue weighted by Gasteiger charge is 2.19. The van der Waals surface area contributed by atoms with E-state index in [2.05, 4.69) is 26.2 Å². The molecule has 2 aromatic carbocycles. The van der Waals surface area contributed by atoms with Gasteiger partial charge in [-0.1, -0.05) is 27.2 Å². The number of benzene rings is 2. The molecule has 150 valence electrons. The summed E-state index contributed by atoms with van der Waals surface area (Å²) in [7, 11) is 4.83. The number of ether oxygens (including phenoxy) is 3. The van der Waals surface area contributed by atoms with E-state index in [1.807, 2.05) is 42.5 Å². The van der Waals surface area contributed by atoms with Crippen LogP contribution in [0.5, 0.6) is 17.2 Å². The molecule has 0 aliphatic carbocycles. The highest BCUT2D eigenvalue weighted by atomic mass is 79.9. The molecule has 2 N–H and O–H groups in total. The van der Waals surface area contributed by atoms with E-state index in [0.717, 1.165) is 15.6 Å². The Hall–Kier alpha value is -2.40. The van der Waals surface area contributed by atoms with E-state index in [9.17, 15) is 0 Å². The van der Waals surface area contributed by atoms with Crippen LogP contribution in [-0.2, 0) is 11.3 Å². The van der Waals surface area contributed by atoms with E-state index >= 15 is 0 Å². The molecule has 0 amide bonds. The summed E-state index contributed by atoms with van der Waals surface area (Å²) < 4.78 is 40.3. The molecule has 0 fully saturated rings. The van der Waals surface area contributed by atoms with Crippen molar-refractivity contribution in [2.75, 3.05) is 21.3 Å². The molecule has 1 unspecified atom stereocenters. The molecule has 0 aliphatic rings. The summed E-state index contributed by atoms with van der Waals surface area (Å²) in [4.78, 5) is 0. The predicted molar refractivity (Wildman–Crippen MR) is 108 cm³/mol. The van der Waals surface area contributed by atoms with Crippen LogP contribution in [-0.4, -0.2) is 35.2 Å². The number of nitrogens with two attached hydrogens (primary N) is 1. The van der Waals surface area contributed by atoms with Crippen molar-refractivity contribution in [1.29, 1.82) is 0 Å². The average molecular weight is 470 g/mol. The van der Waals surface area contributed by atoms with Gasteiger partial charge >= 0.3 is 0 Å². The highest BCUT2D eigenvalue weighted by Crippen LogP contribution is 2.40. The third kappa shape index (κ3) is 5.32. The van der Waals surface area contributed by atoms with E-state index in [1.165, 1.54) is 0 Å².